The van der Waals surface area contributed by atoms with Gasteiger partial charge in [0.05, 0.1) is 18.6 Å². The number of amides is 1. The lowest BCUT2D eigenvalue weighted by molar-refractivity contribution is -0.118. The Bertz CT molecular complexity index is 882. The Balaban J connectivity index is 1.96. The van der Waals surface area contributed by atoms with Gasteiger partial charge in [-0.2, -0.15) is 5.10 Å². The number of nitrogens with one attached hydrogen (secondary N) is 1. The lowest BCUT2D eigenvalue weighted by Crippen LogP contribution is -2.19. The average Bonchev–Trinajstić information content (AvgIpc) is 2.68. The van der Waals surface area contributed by atoms with Gasteiger partial charge >= 0.3 is 0 Å². The quantitative estimate of drug-likeness (QED) is 0.243. The number of benzene rings is 2. The van der Waals surface area contributed by atoms with Gasteiger partial charge in [-0.3, -0.25) is 4.79 Å². The predicted octanol–water partition coefficient (Wildman–Crippen LogP) is 4.76. The van der Waals surface area contributed by atoms with Gasteiger partial charge in [0.1, 0.15) is 6.61 Å². The first-order valence-electron chi connectivity index (χ1n) is 8.26. The smallest absolute Gasteiger partial charge is 0.250 e. The van der Waals surface area contributed by atoms with Crippen LogP contribution < -0.4 is 14.9 Å². The molecule has 0 saturated heterocycles. The van der Waals surface area contributed by atoms with E-state index in [2.05, 4.69) is 32.4 Å². The van der Waals surface area contributed by atoms with E-state index in [1.54, 1.807) is 24.3 Å². The van der Waals surface area contributed by atoms with Crippen LogP contribution in [0, 0.1) is 12.3 Å². The van der Waals surface area contributed by atoms with Gasteiger partial charge < -0.3 is 9.47 Å². The van der Waals surface area contributed by atoms with E-state index in [-0.39, 0.29) is 18.3 Å². The highest BCUT2D eigenvalue weighted by Crippen LogP contribution is 2.33. The highest BCUT2D eigenvalue weighted by molar-refractivity contribution is 9.10. The second-order valence-electron chi connectivity index (χ2n) is 5.28. The van der Waals surface area contributed by atoms with Crippen molar-refractivity contribution in [1.82, 2.24) is 5.43 Å². The molecule has 0 fully saturated rings. The second kappa shape index (κ2) is 11.6. The summed E-state index contributed by atoms with van der Waals surface area (Å²) < 4.78 is 11.8. The maximum atomic E-state index is 12.0. The van der Waals surface area contributed by atoms with Crippen molar-refractivity contribution in [3.8, 4) is 23.8 Å². The summed E-state index contributed by atoms with van der Waals surface area (Å²) in [5.41, 5.74) is 3.23. The zero-order valence-electron chi connectivity index (χ0n) is 15.1. The third-order valence-corrected chi connectivity index (χ3v) is 5.20. The summed E-state index contributed by atoms with van der Waals surface area (Å²) in [6.07, 6.45) is 6.76. The molecule has 2 aromatic carbocycles. The zero-order valence-corrected chi connectivity index (χ0v) is 18.2. The molecule has 0 saturated carbocycles. The Morgan fingerprint density at radius 3 is 2.71 bits per heavy atom. The number of terminal acetylenes is 1. The summed E-state index contributed by atoms with van der Waals surface area (Å²) in [5, 5.41) is 4.66. The fourth-order valence-electron chi connectivity index (χ4n) is 2.04. The molecular formula is C20H18BrClN2O3S. The SMILES string of the molecule is C#CCOc1cc(Br)c(/C=N\NC(=O)CSc2ccc(Cl)cc2)cc1OCC. The lowest BCUT2D eigenvalue weighted by Gasteiger charge is -2.12. The molecule has 0 atom stereocenters. The van der Waals surface area contributed by atoms with Crippen LogP contribution in [0.5, 0.6) is 11.5 Å². The molecule has 0 aliphatic carbocycles. The third kappa shape index (κ3) is 7.12. The fourth-order valence-corrected chi connectivity index (χ4v) is 3.28. The molecule has 0 unspecified atom stereocenters. The Hall–Kier alpha value is -2.14. The van der Waals surface area contributed by atoms with E-state index in [1.165, 1.54) is 18.0 Å². The first kappa shape index (κ1) is 22.2. The number of carbonyl (C=O) groups excluding carboxylic acids is 1. The van der Waals surface area contributed by atoms with Crippen LogP contribution in [-0.2, 0) is 4.79 Å². The molecule has 1 amide bonds. The van der Waals surface area contributed by atoms with E-state index in [4.69, 9.17) is 27.5 Å². The topological polar surface area (TPSA) is 59.9 Å². The van der Waals surface area contributed by atoms with E-state index in [0.29, 0.717) is 23.1 Å². The van der Waals surface area contributed by atoms with Crippen molar-refractivity contribution in [2.45, 2.75) is 11.8 Å². The van der Waals surface area contributed by atoms with Crippen LogP contribution >= 0.6 is 39.3 Å². The highest BCUT2D eigenvalue weighted by atomic mass is 79.9. The monoisotopic (exact) mass is 480 g/mol. The molecule has 5 nitrogen and oxygen atoms in total. The van der Waals surface area contributed by atoms with Crippen LogP contribution in [-0.4, -0.2) is 31.1 Å². The molecule has 1 N–H and O–H groups in total. The van der Waals surface area contributed by atoms with E-state index in [9.17, 15) is 4.79 Å². The molecular weight excluding hydrogens is 464 g/mol. The molecule has 0 aliphatic rings. The van der Waals surface area contributed by atoms with E-state index < -0.39 is 0 Å². The normalized spacial score (nSPS) is 10.5. The molecule has 8 heteroatoms. The fraction of sp³-hybridized carbons (Fsp3) is 0.200. The van der Waals surface area contributed by atoms with Crippen LogP contribution in [0.4, 0.5) is 0 Å². The summed E-state index contributed by atoms with van der Waals surface area (Å²) in [4.78, 5) is 12.9. The standard InChI is InChI=1S/C20H18BrClN2O3S/c1-3-9-27-19-11-17(21)14(10-18(19)26-4-2)12-23-24-20(25)13-28-16-7-5-15(22)6-8-16/h1,5-8,10-12H,4,9,13H2,2H3,(H,24,25)/b23-12-. The molecule has 2 rings (SSSR count). The molecule has 2 aromatic rings. The Kier molecular flexibility index (Phi) is 9.21. The largest absolute Gasteiger partial charge is 0.490 e. The van der Waals surface area contributed by atoms with Crippen LogP contribution in [0.25, 0.3) is 0 Å². The molecule has 0 bridgehead atoms. The summed E-state index contributed by atoms with van der Waals surface area (Å²) >= 11 is 10.7. The zero-order chi connectivity index (χ0) is 20.4. The summed E-state index contributed by atoms with van der Waals surface area (Å²) in [5.74, 6) is 3.52. The van der Waals surface area contributed by atoms with Crippen molar-refractivity contribution < 1.29 is 14.3 Å². The summed E-state index contributed by atoms with van der Waals surface area (Å²) in [6, 6.07) is 10.8. The Morgan fingerprint density at radius 2 is 2.04 bits per heavy atom. The van der Waals surface area contributed by atoms with Crippen molar-refractivity contribution in [2.24, 2.45) is 5.10 Å². The Labute approximate surface area is 182 Å². The molecule has 0 heterocycles. The average molecular weight is 482 g/mol. The predicted molar refractivity (Wildman–Crippen MR) is 118 cm³/mol. The van der Waals surface area contributed by atoms with Crippen LogP contribution in [0.2, 0.25) is 5.02 Å². The van der Waals surface area contributed by atoms with Gasteiger partial charge in [-0.25, -0.2) is 5.43 Å². The van der Waals surface area contributed by atoms with Gasteiger partial charge in [0.15, 0.2) is 11.5 Å². The van der Waals surface area contributed by atoms with Crippen molar-refractivity contribution in [2.75, 3.05) is 19.0 Å². The first-order valence-corrected chi connectivity index (χ1v) is 10.4. The lowest BCUT2D eigenvalue weighted by atomic mass is 10.2. The molecule has 0 aromatic heterocycles. The molecule has 0 aliphatic heterocycles. The number of halogens is 2. The molecule has 146 valence electrons. The number of hydrogen-bond acceptors (Lipinski definition) is 5. The van der Waals surface area contributed by atoms with Gasteiger partial charge in [-0.05, 0) is 59.3 Å². The Morgan fingerprint density at radius 1 is 1.32 bits per heavy atom. The van der Waals surface area contributed by atoms with Crippen molar-refractivity contribution in [3.63, 3.8) is 0 Å². The number of ether oxygens (including phenoxy) is 2. The van der Waals surface area contributed by atoms with E-state index >= 15 is 0 Å². The van der Waals surface area contributed by atoms with Crippen LogP contribution in [0.3, 0.4) is 0 Å². The number of rotatable bonds is 9. The van der Waals surface area contributed by atoms with E-state index in [1.807, 2.05) is 19.1 Å². The highest BCUT2D eigenvalue weighted by Gasteiger charge is 2.10. The molecule has 0 spiro atoms. The van der Waals surface area contributed by atoms with E-state index in [0.717, 1.165) is 14.9 Å². The van der Waals surface area contributed by atoms with Crippen molar-refractivity contribution >= 4 is 51.4 Å². The number of hydrogen-bond donors (Lipinski definition) is 1. The molecule has 0 radical (unpaired) electrons. The number of carbonyl (C=O) groups is 1. The van der Waals surface area contributed by atoms with Gasteiger partial charge in [0.25, 0.3) is 0 Å². The minimum Gasteiger partial charge on any atom is -0.490 e. The van der Waals surface area contributed by atoms with Gasteiger partial charge in [0, 0.05) is 20.0 Å². The summed E-state index contributed by atoms with van der Waals surface area (Å²) in [6.45, 7) is 2.49. The van der Waals surface area contributed by atoms with Gasteiger partial charge in [-0.15, -0.1) is 18.2 Å². The maximum Gasteiger partial charge on any atom is 0.250 e. The minimum absolute atomic E-state index is 0.140. The first-order chi connectivity index (χ1) is 13.5. The third-order valence-electron chi connectivity index (χ3n) is 3.25. The van der Waals surface area contributed by atoms with Crippen molar-refractivity contribution in [1.29, 1.82) is 0 Å². The van der Waals surface area contributed by atoms with Crippen LogP contribution in [0.15, 0.2) is 50.9 Å². The van der Waals surface area contributed by atoms with Crippen LogP contribution in [0.1, 0.15) is 12.5 Å². The maximum absolute atomic E-state index is 12.0. The second-order valence-corrected chi connectivity index (χ2v) is 7.62. The number of hydrazone groups is 1. The number of nitrogens with zero attached hydrogens (tertiary/aromatic N) is 1. The van der Waals surface area contributed by atoms with Gasteiger partial charge in [-0.1, -0.05) is 17.5 Å². The van der Waals surface area contributed by atoms with Crippen molar-refractivity contribution in [3.05, 3.63) is 51.5 Å². The minimum atomic E-state index is -0.216. The number of thioether (sulfide) groups is 1. The molecule has 28 heavy (non-hydrogen) atoms. The van der Waals surface area contributed by atoms with Gasteiger partial charge in [0.2, 0.25) is 5.91 Å². The summed E-state index contributed by atoms with van der Waals surface area (Å²) in [7, 11) is 0.